The first-order valence-corrected chi connectivity index (χ1v) is 9.09. The quantitative estimate of drug-likeness (QED) is 0.716. The summed E-state index contributed by atoms with van der Waals surface area (Å²) in [6, 6.07) is 13.7. The summed E-state index contributed by atoms with van der Waals surface area (Å²) < 4.78 is 5.54. The van der Waals surface area contributed by atoms with E-state index in [2.05, 4.69) is 16.7 Å². The van der Waals surface area contributed by atoms with Crippen molar-refractivity contribution < 1.29 is 9.21 Å². The molecule has 0 fully saturated rings. The number of carbonyl (C=O) groups excluding carboxylic acids is 1. The van der Waals surface area contributed by atoms with Gasteiger partial charge in [0.15, 0.2) is 0 Å². The highest BCUT2D eigenvalue weighted by molar-refractivity contribution is 5.78. The van der Waals surface area contributed by atoms with E-state index >= 15 is 0 Å². The number of hydrogen-bond donors (Lipinski definition) is 2. The van der Waals surface area contributed by atoms with Gasteiger partial charge in [-0.15, -0.1) is 0 Å². The van der Waals surface area contributed by atoms with Crippen molar-refractivity contribution >= 4 is 5.91 Å². The molecule has 4 nitrogen and oxygen atoms in total. The van der Waals surface area contributed by atoms with Crippen LogP contribution in [0.15, 0.2) is 64.8 Å². The Bertz CT molecular complexity index is 677. The zero-order valence-corrected chi connectivity index (χ0v) is 14.5. The fraction of sp³-hybridized carbons (Fsp3) is 0.381. The largest absolute Gasteiger partial charge is 0.467 e. The summed E-state index contributed by atoms with van der Waals surface area (Å²) in [5.74, 6) is 0.829. The molecule has 0 radical (unpaired) electrons. The molecule has 4 heteroatoms. The van der Waals surface area contributed by atoms with Gasteiger partial charge in [0.25, 0.3) is 0 Å². The van der Waals surface area contributed by atoms with E-state index in [0.29, 0.717) is 6.54 Å². The SMILES string of the molecule is O=C(CN[C@H](c1ccccc1)c1ccco1)NCCC1=CCCCC1. The Morgan fingerprint density at radius 3 is 2.72 bits per heavy atom. The van der Waals surface area contributed by atoms with Gasteiger partial charge in [0, 0.05) is 6.54 Å². The number of rotatable bonds is 8. The summed E-state index contributed by atoms with van der Waals surface area (Å²) in [4.78, 5) is 12.2. The van der Waals surface area contributed by atoms with Crippen LogP contribution in [0.2, 0.25) is 0 Å². The van der Waals surface area contributed by atoms with Crippen LogP contribution >= 0.6 is 0 Å². The zero-order chi connectivity index (χ0) is 17.3. The molecule has 1 aliphatic carbocycles. The standard InChI is InChI=1S/C21H26N2O2/c24-20(22-14-13-17-8-3-1-4-9-17)16-23-21(19-12-7-15-25-19)18-10-5-2-6-11-18/h2,5-8,10-12,15,21,23H,1,3-4,9,13-14,16H2,(H,22,24)/t21-/m1/s1. The molecule has 1 aromatic heterocycles. The summed E-state index contributed by atoms with van der Waals surface area (Å²) in [5, 5.41) is 6.32. The summed E-state index contributed by atoms with van der Waals surface area (Å²) in [6.07, 6.45) is 9.90. The van der Waals surface area contributed by atoms with Gasteiger partial charge in [-0.1, -0.05) is 42.0 Å². The number of furan rings is 1. The molecule has 1 atom stereocenters. The Morgan fingerprint density at radius 2 is 2.00 bits per heavy atom. The molecular formula is C21H26N2O2. The van der Waals surface area contributed by atoms with Crippen LogP contribution in [0.5, 0.6) is 0 Å². The first-order valence-electron chi connectivity index (χ1n) is 9.09. The number of benzene rings is 1. The number of hydrogen-bond acceptors (Lipinski definition) is 3. The number of amides is 1. The maximum absolute atomic E-state index is 12.2. The molecule has 0 bridgehead atoms. The molecule has 0 saturated carbocycles. The Balaban J connectivity index is 1.49. The molecule has 1 aliphatic rings. The van der Waals surface area contributed by atoms with Gasteiger partial charge >= 0.3 is 0 Å². The van der Waals surface area contributed by atoms with E-state index in [4.69, 9.17) is 4.42 Å². The van der Waals surface area contributed by atoms with Gasteiger partial charge in [0.1, 0.15) is 5.76 Å². The minimum atomic E-state index is -0.122. The molecule has 3 rings (SSSR count). The predicted molar refractivity (Wildman–Crippen MR) is 99.2 cm³/mol. The molecule has 0 saturated heterocycles. The van der Waals surface area contributed by atoms with E-state index in [-0.39, 0.29) is 18.5 Å². The molecule has 1 amide bonds. The number of nitrogens with one attached hydrogen (secondary N) is 2. The van der Waals surface area contributed by atoms with Gasteiger partial charge in [-0.25, -0.2) is 0 Å². The van der Waals surface area contributed by atoms with Crippen LogP contribution in [-0.2, 0) is 4.79 Å². The molecule has 1 aromatic carbocycles. The molecule has 2 aromatic rings. The Kier molecular flexibility index (Phi) is 6.46. The maximum atomic E-state index is 12.2. The van der Waals surface area contributed by atoms with Crippen LogP contribution in [0.1, 0.15) is 49.5 Å². The van der Waals surface area contributed by atoms with Gasteiger partial charge in [-0.3, -0.25) is 10.1 Å². The van der Waals surface area contributed by atoms with Gasteiger partial charge in [-0.05, 0) is 49.8 Å². The van der Waals surface area contributed by atoms with Crippen molar-refractivity contribution in [3.8, 4) is 0 Å². The Labute approximate surface area is 149 Å². The van der Waals surface area contributed by atoms with Crippen molar-refractivity contribution in [1.29, 1.82) is 0 Å². The lowest BCUT2D eigenvalue weighted by atomic mass is 9.97. The monoisotopic (exact) mass is 338 g/mol. The van der Waals surface area contributed by atoms with Crippen molar-refractivity contribution in [3.63, 3.8) is 0 Å². The summed E-state index contributed by atoms with van der Waals surface area (Å²) >= 11 is 0. The predicted octanol–water partition coefficient (Wildman–Crippen LogP) is 3.97. The summed E-state index contributed by atoms with van der Waals surface area (Å²) in [6.45, 7) is 0.975. The van der Waals surface area contributed by atoms with E-state index < -0.39 is 0 Å². The smallest absolute Gasteiger partial charge is 0.233 e. The van der Waals surface area contributed by atoms with E-state index in [1.54, 1.807) is 6.26 Å². The third-order valence-corrected chi connectivity index (χ3v) is 4.58. The summed E-state index contributed by atoms with van der Waals surface area (Å²) in [7, 11) is 0. The molecule has 0 aliphatic heterocycles. The second kappa shape index (κ2) is 9.23. The van der Waals surface area contributed by atoms with Gasteiger partial charge in [0.2, 0.25) is 5.91 Å². The third-order valence-electron chi connectivity index (χ3n) is 4.58. The maximum Gasteiger partial charge on any atom is 0.233 e. The number of allylic oxidation sites excluding steroid dienone is 1. The van der Waals surface area contributed by atoms with Crippen molar-refractivity contribution in [2.24, 2.45) is 0 Å². The molecular weight excluding hydrogens is 312 g/mol. The lowest BCUT2D eigenvalue weighted by molar-refractivity contribution is -0.120. The van der Waals surface area contributed by atoms with E-state index in [9.17, 15) is 4.79 Å². The second-order valence-electron chi connectivity index (χ2n) is 6.45. The highest BCUT2D eigenvalue weighted by Gasteiger charge is 2.17. The average molecular weight is 338 g/mol. The van der Waals surface area contributed by atoms with Crippen LogP contribution in [0.3, 0.4) is 0 Å². The van der Waals surface area contributed by atoms with Gasteiger partial charge < -0.3 is 9.73 Å². The highest BCUT2D eigenvalue weighted by atomic mass is 16.3. The fourth-order valence-electron chi connectivity index (χ4n) is 3.24. The first kappa shape index (κ1) is 17.5. The van der Waals surface area contributed by atoms with Crippen molar-refractivity contribution in [2.45, 2.75) is 38.1 Å². The van der Waals surface area contributed by atoms with Gasteiger partial charge in [0.05, 0.1) is 18.8 Å². The fourth-order valence-corrected chi connectivity index (χ4v) is 3.24. The van der Waals surface area contributed by atoms with Crippen LogP contribution in [0.25, 0.3) is 0 Å². The second-order valence-corrected chi connectivity index (χ2v) is 6.45. The number of carbonyl (C=O) groups is 1. The van der Waals surface area contributed by atoms with Crippen molar-refractivity contribution in [3.05, 3.63) is 71.7 Å². The van der Waals surface area contributed by atoms with Gasteiger partial charge in [-0.2, -0.15) is 0 Å². The molecule has 132 valence electrons. The average Bonchev–Trinajstić information content (AvgIpc) is 3.18. The molecule has 0 spiro atoms. The van der Waals surface area contributed by atoms with E-state index in [1.165, 1.54) is 31.3 Å². The normalized spacial score (nSPS) is 15.4. The Morgan fingerprint density at radius 1 is 1.12 bits per heavy atom. The van der Waals surface area contributed by atoms with E-state index in [0.717, 1.165) is 17.7 Å². The minimum Gasteiger partial charge on any atom is -0.467 e. The lowest BCUT2D eigenvalue weighted by Crippen LogP contribution is -2.36. The van der Waals surface area contributed by atoms with Crippen LogP contribution in [-0.4, -0.2) is 19.0 Å². The molecule has 2 N–H and O–H groups in total. The minimum absolute atomic E-state index is 0.0175. The topological polar surface area (TPSA) is 54.3 Å². The Hall–Kier alpha value is -2.33. The zero-order valence-electron chi connectivity index (χ0n) is 14.5. The lowest BCUT2D eigenvalue weighted by Gasteiger charge is -2.17. The molecule has 1 heterocycles. The van der Waals surface area contributed by atoms with Crippen molar-refractivity contribution in [2.75, 3.05) is 13.1 Å². The van der Waals surface area contributed by atoms with Crippen LogP contribution < -0.4 is 10.6 Å². The van der Waals surface area contributed by atoms with Crippen LogP contribution in [0.4, 0.5) is 0 Å². The van der Waals surface area contributed by atoms with E-state index in [1.807, 2.05) is 42.5 Å². The molecule has 0 unspecified atom stereocenters. The van der Waals surface area contributed by atoms with Crippen molar-refractivity contribution in [1.82, 2.24) is 10.6 Å². The summed E-state index contributed by atoms with van der Waals surface area (Å²) in [5.41, 5.74) is 2.56. The first-order chi connectivity index (χ1) is 12.3. The third kappa shape index (κ3) is 5.33. The molecule has 25 heavy (non-hydrogen) atoms. The highest BCUT2D eigenvalue weighted by Crippen LogP contribution is 2.22. The van der Waals surface area contributed by atoms with Crippen LogP contribution in [0, 0.1) is 0 Å².